The quantitative estimate of drug-likeness (QED) is 0.643. The van der Waals surface area contributed by atoms with E-state index in [1.165, 1.54) is 6.07 Å². The first-order valence-electron chi connectivity index (χ1n) is 8.94. The number of rotatable bonds is 7. The van der Waals surface area contributed by atoms with E-state index in [2.05, 4.69) is 15.3 Å². The number of hydrogen-bond acceptors (Lipinski definition) is 4. The van der Waals surface area contributed by atoms with Crippen molar-refractivity contribution in [3.63, 3.8) is 0 Å². The molecule has 0 spiro atoms. The molecule has 0 atom stereocenters. The van der Waals surface area contributed by atoms with Crippen LogP contribution in [0.25, 0.3) is 11.0 Å². The summed E-state index contributed by atoms with van der Waals surface area (Å²) in [5.41, 5.74) is 2.90. The van der Waals surface area contributed by atoms with Gasteiger partial charge >= 0.3 is 0 Å². The van der Waals surface area contributed by atoms with E-state index in [9.17, 15) is 9.18 Å². The lowest BCUT2D eigenvalue weighted by atomic mass is 10.1. The molecule has 27 heavy (non-hydrogen) atoms. The predicted octanol–water partition coefficient (Wildman–Crippen LogP) is 3.93. The molecular formula is C21H22FN3O2. The Balaban J connectivity index is 1.67. The summed E-state index contributed by atoms with van der Waals surface area (Å²) >= 11 is 0. The molecule has 0 aliphatic rings. The van der Waals surface area contributed by atoms with Crippen LogP contribution in [0.5, 0.6) is 0 Å². The fourth-order valence-corrected chi connectivity index (χ4v) is 2.75. The summed E-state index contributed by atoms with van der Waals surface area (Å²) < 4.78 is 19.5. The van der Waals surface area contributed by atoms with Gasteiger partial charge in [-0.2, -0.15) is 0 Å². The molecule has 3 rings (SSSR count). The monoisotopic (exact) mass is 367 g/mol. The minimum absolute atomic E-state index is 0.233. The Bertz CT molecular complexity index is 959. The first-order chi connectivity index (χ1) is 13.1. The average Bonchev–Trinajstić information content (AvgIpc) is 2.67. The maximum Gasteiger partial charge on any atom is 0.253 e. The SMILES string of the molecule is CCCOCc1ccc(CNC(=O)c2cc3cccnc3nc2C)cc1F. The van der Waals surface area contributed by atoms with E-state index in [0.717, 1.165) is 11.8 Å². The molecule has 0 saturated carbocycles. The summed E-state index contributed by atoms with van der Waals surface area (Å²) in [5.74, 6) is -0.575. The standard InChI is InChI=1S/C21H22FN3O2/c1-3-9-27-13-17-7-6-15(10-19(17)22)12-24-21(26)18-11-16-5-4-8-23-20(16)25-14(18)2/h4-8,10-11H,3,9,12-13H2,1-2H3,(H,24,26). The van der Waals surface area contributed by atoms with Crippen molar-refractivity contribution in [1.29, 1.82) is 0 Å². The number of aromatic nitrogens is 2. The molecule has 0 bridgehead atoms. The zero-order valence-corrected chi connectivity index (χ0v) is 15.5. The zero-order chi connectivity index (χ0) is 19.2. The van der Waals surface area contributed by atoms with Crippen LogP contribution in [0, 0.1) is 12.7 Å². The molecule has 2 heterocycles. The molecular weight excluding hydrogens is 345 g/mol. The normalized spacial score (nSPS) is 10.9. The molecule has 1 N–H and O–H groups in total. The third-order valence-corrected chi connectivity index (χ3v) is 4.20. The van der Waals surface area contributed by atoms with Gasteiger partial charge in [0.25, 0.3) is 5.91 Å². The molecule has 1 amide bonds. The molecule has 5 nitrogen and oxygen atoms in total. The van der Waals surface area contributed by atoms with Gasteiger partial charge in [0.1, 0.15) is 5.82 Å². The number of halogens is 1. The van der Waals surface area contributed by atoms with E-state index in [-0.39, 0.29) is 24.9 Å². The number of fused-ring (bicyclic) bond motifs is 1. The van der Waals surface area contributed by atoms with Crippen molar-refractivity contribution in [3.8, 4) is 0 Å². The fourth-order valence-electron chi connectivity index (χ4n) is 2.75. The molecule has 0 aliphatic heterocycles. The van der Waals surface area contributed by atoms with Crippen molar-refractivity contribution < 1.29 is 13.9 Å². The third kappa shape index (κ3) is 4.65. The van der Waals surface area contributed by atoms with Crippen molar-refractivity contribution in [2.75, 3.05) is 6.61 Å². The first kappa shape index (κ1) is 18.9. The highest BCUT2D eigenvalue weighted by Gasteiger charge is 2.12. The van der Waals surface area contributed by atoms with Crippen molar-refractivity contribution >= 4 is 16.9 Å². The topological polar surface area (TPSA) is 64.1 Å². The maximum atomic E-state index is 14.2. The number of pyridine rings is 2. The summed E-state index contributed by atoms with van der Waals surface area (Å²) in [5, 5.41) is 3.62. The van der Waals surface area contributed by atoms with Gasteiger partial charge in [-0.05, 0) is 43.2 Å². The molecule has 2 aromatic heterocycles. The second-order valence-corrected chi connectivity index (χ2v) is 6.33. The van der Waals surface area contributed by atoms with Crippen LogP contribution in [0.1, 0.15) is 40.5 Å². The number of carbonyl (C=O) groups excluding carboxylic acids is 1. The van der Waals surface area contributed by atoms with Gasteiger partial charge in [0.2, 0.25) is 0 Å². The van der Waals surface area contributed by atoms with Gasteiger partial charge in [-0.15, -0.1) is 0 Å². The second-order valence-electron chi connectivity index (χ2n) is 6.33. The number of carbonyl (C=O) groups is 1. The van der Waals surface area contributed by atoms with Crippen LogP contribution in [0.3, 0.4) is 0 Å². The van der Waals surface area contributed by atoms with Gasteiger partial charge in [-0.1, -0.05) is 19.1 Å². The Hall–Kier alpha value is -2.86. The van der Waals surface area contributed by atoms with Gasteiger partial charge in [-0.25, -0.2) is 14.4 Å². The van der Waals surface area contributed by atoms with E-state index in [1.54, 1.807) is 37.4 Å². The molecule has 0 unspecified atom stereocenters. The Labute approximate surface area is 157 Å². The van der Waals surface area contributed by atoms with E-state index >= 15 is 0 Å². The fraction of sp³-hybridized carbons (Fsp3) is 0.286. The lowest BCUT2D eigenvalue weighted by Gasteiger charge is -2.10. The summed E-state index contributed by atoms with van der Waals surface area (Å²) in [6, 6.07) is 10.4. The minimum Gasteiger partial charge on any atom is -0.377 e. The van der Waals surface area contributed by atoms with E-state index in [0.29, 0.717) is 34.6 Å². The lowest BCUT2D eigenvalue weighted by Crippen LogP contribution is -2.24. The van der Waals surface area contributed by atoms with Crippen LogP contribution in [0.4, 0.5) is 4.39 Å². The molecule has 0 radical (unpaired) electrons. The number of amides is 1. The molecule has 140 valence electrons. The van der Waals surface area contributed by atoms with Crippen LogP contribution in [-0.4, -0.2) is 22.5 Å². The second kappa shape index (κ2) is 8.68. The Morgan fingerprint density at radius 1 is 1.26 bits per heavy atom. The molecule has 3 aromatic rings. The molecule has 0 saturated heterocycles. The van der Waals surface area contributed by atoms with E-state index in [1.807, 2.05) is 13.0 Å². The number of ether oxygens (including phenoxy) is 1. The van der Waals surface area contributed by atoms with Crippen LogP contribution < -0.4 is 5.32 Å². The number of benzene rings is 1. The number of nitrogens with one attached hydrogen (secondary N) is 1. The third-order valence-electron chi connectivity index (χ3n) is 4.20. The van der Waals surface area contributed by atoms with Crippen LogP contribution >= 0.6 is 0 Å². The van der Waals surface area contributed by atoms with Gasteiger partial charge in [0.15, 0.2) is 5.65 Å². The molecule has 0 fully saturated rings. The van der Waals surface area contributed by atoms with Crippen LogP contribution in [0.2, 0.25) is 0 Å². The van der Waals surface area contributed by atoms with Gasteiger partial charge in [-0.3, -0.25) is 4.79 Å². The van der Waals surface area contributed by atoms with Crippen molar-refractivity contribution in [2.45, 2.75) is 33.4 Å². The lowest BCUT2D eigenvalue weighted by molar-refractivity contribution is 0.0950. The summed E-state index contributed by atoms with van der Waals surface area (Å²) in [7, 11) is 0. The average molecular weight is 367 g/mol. The largest absolute Gasteiger partial charge is 0.377 e. The highest BCUT2D eigenvalue weighted by atomic mass is 19.1. The number of nitrogens with zero attached hydrogens (tertiary/aromatic N) is 2. The van der Waals surface area contributed by atoms with Crippen molar-refractivity contribution in [1.82, 2.24) is 15.3 Å². The Morgan fingerprint density at radius 3 is 2.89 bits per heavy atom. The minimum atomic E-state index is -0.326. The maximum absolute atomic E-state index is 14.2. The Morgan fingerprint density at radius 2 is 2.11 bits per heavy atom. The van der Waals surface area contributed by atoms with Crippen LogP contribution in [0.15, 0.2) is 42.6 Å². The Kier molecular flexibility index (Phi) is 6.08. The van der Waals surface area contributed by atoms with Gasteiger partial charge in [0, 0.05) is 30.3 Å². The smallest absolute Gasteiger partial charge is 0.253 e. The summed E-state index contributed by atoms with van der Waals surface area (Å²) in [6.07, 6.45) is 2.56. The first-order valence-corrected chi connectivity index (χ1v) is 8.94. The number of hydrogen-bond donors (Lipinski definition) is 1. The van der Waals surface area contributed by atoms with Crippen molar-refractivity contribution in [3.05, 3.63) is 70.8 Å². The number of aryl methyl sites for hydroxylation is 1. The molecule has 0 aliphatic carbocycles. The summed E-state index contributed by atoms with van der Waals surface area (Å²) in [6.45, 7) is 4.86. The zero-order valence-electron chi connectivity index (χ0n) is 15.5. The molecule has 6 heteroatoms. The van der Waals surface area contributed by atoms with Gasteiger partial charge < -0.3 is 10.1 Å². The molecule has 1 aromatic carbocycles. The predicted molar refractivity (Wildman–Crippen MR) is 102 cm³/mol. The van der Waals surface area contributed by atoms with Crippen LogP contribution in [-0.2, 0) is 17.9 Å². The highest BCUT2D eigenvalue weighted by molar-refractivity contribution is 5.98. The highest BCUT2D eigenvalue weighted by Crippen LogP contribution is 2.15. The van der Waals surface area contributed by atoms with Crippen molar-refractivity contribution in [2.24, 2.45) is 0 Å². The van der Waals surface area contributed by atoms with E-state index in [4.69, 9.17) is 4.74 Å². The van der Waals surface area contributed by atoms with E-state index < -0.39 is 0 Å². The van der Waals surface area contributed by atoms with Gasteiger partial charge in [0.05, 0.1) is 17.9 Å². The summed E-state index contributed by atoms with van der Waals surface area (Å²) in [4.78, 5) is 21.1.